The molecule has 170 valence electrons. The number of carbonyl (C=O) groups excluding carboxylic acids is 2. The van der Waals surface area contributed by atoms with Gasteiger partial charge in [-0.05, 0) is 74.6 Å². The Labute approximate surface area is 188 Å². The molecule has 0 radical (unpaired) electrons. The second-order valence-electron chi connectivity index (χ2n) is 8.24. The Morgan fingerprint density at radius 1 is 1.06 bits per heavy atom. The highest BCUT2D eigenvalue weighted by Crippen LogP contribution is 2.24. The van der Waals surface area contributed by atoms with Crippen molar-refractivity contribution in [2.45, 2.75) is 43.5 Å². The van der Waals surface area contributed by atoms with Crippen LogP contribution in [0, 0.1) is 6.92 Å². The summed E-state index contributed by atoms with van der Waals surface area (Å²) in [4.78, 5) is 27.0. The molecule has 2 aliphatic rings. The lowest BCUT2D eigenvalue weighted by molar-refractivity contribution is -0.119. The third-order valence-corrected chi connectivity index (χ3v) is 7.11. The average Bonchev–Trinajstić information content (AvgIpc) is 3.39. The molecule has 2 N–H and O–H groups in total. The SMILES string of the molecule is Cc1ccc(S(=O)(=O)NC2CC2)cc1C(=O)OCC(=O)Nc1ccc(N2CCCC2)cc1. The molecule has 0 spiro atoms. The van der Waals surface area contributed by atoms with Crippen LogP contribution in [0.4, 0.5) is 11.4 Å². The molecule has 2 fully saturated rings. The molecule has 1 aliphatic heterocycles. The molecule has 0 bridgehead atoms. The number of aryl methyl sites for hydroxylation is 1. The molecule has 4 rings (SSSR count). The van der Waals surface area contributed by atoms with Gasteiger partial charge in [-0.15, -0.1) is 0 Å². The molecule has 32 heavy (non-hydrogen) atoms. The Morgan fingerprint density at radius 3 is 2.41 bits per heavy atom. The summed E-state index contributed by atoms with van der Waals surface area (Å²) in [5, 5.41) is 2.70. The van der Waals surface area contributed by atoms with Gasteiger partial charge in [0.25, 0.3) is 5.91 Å². The number of anilines is 2. The van der Waals surface area contributed by atoms with Crippen molar-refractivity contribution in [1.29, 1.82) is 0 Å². The van der Waals surface area contributed by atoms with Gasteiger partial charge in [-0.2, -0.15) is 0 Å². The summed E-state index contributed by atoms with van der Waals surface area (Å²) in [5.41, 5.74) is 2.42. The number of ether oxygens (including phenoxy) is 1. The third kappa shape index (κ3) is 5.46. The van der Waals surface area contributed by atoms with Gasteiger partial charge in [0.1, 0.15) is 0 Å². The number of sulfonamides is 1. The van der Waals surface area contributed by atoms with Crippen molar-refractivity contribution < 1.29 is 22.7 Å². The number of nitrogens with one attached hydrogen (secondary N) is 2. The number of carbonyl (C=O) groups is 2. The number of hydrogen-bond acceptors (Lipinski definition) is 6. The molecule has 1 heterocycles. The zero-order chi connectivity index (χ0) is 22.7. The van der Waals surface area contributed by atoms with Crippen molar-refractivity contribution in [2.75, 3.05) is 29.9 Å². The van der Waals surface area contributed by atoms with E-state index in [0.29, 0.717) is 11.3 Å². The number of amides is 1. The monoisotopic (exact) mass is 457 g/mol. The van der Waals surface area contributed by atoms with E-state index in [9.17, 15) is 18.0 Å². The van der Waals surface area contributed by atoms with Crippen LogP contribution in [0.1, 0.15) is 41.6 Å². The minimum Gasteiger partial charge on any atom is -0.452 e. The van der Waals surface area contributed by atoms with E-state index >= 15 is 0 Å². The van der Waals surface area contributed by atoms with E-state index in [1.54, 1.807) is 13.0 Å². The van der Waals surface area contributed by atoms with Crippen molar-refractivity contribution in [3.05, 3.63) is 53.6 Å². The Morgan fingerprint density at radius 2 is 1.75 bits per heavy atom. The molecule has 0 atom stereocenters. The fraction of sp³-hybridized carbons (Fsp3) is 0.391. The number of rotatable bonds is 8. The van der Waals surface area contributed by atoms with E-state index in [0.717, 1.165) is 31.6 Å². The summed E-state index contributed by atoms with van der Waals surface area (Å²) < 4.78 is 32.6. The molecule has 1 aliphatic carbocycles. The maximum atomic E-state index is 12.5. The van der Waals surface area contributed by atoms with Crippen molar-refractivity contribution in [1.82, 2.24) is 4.72 Å². The second kappa shape index (κ2) is 9.30. The summed E-state index contributed by atoms with van der Waals surface area (Å²) in [6, 6.07) is 11.8. The van der Waals surface area contributed by atoms with Crippen LogP contribution in [-0.2, 0) is 19.6 Å². The van der Waals surface area contributed by atoms with E-state index in [-0.39, 0.29) is 16.5 Å². The first-order valence-corrected chi connectivity index (χ1v) is 12.2. The average molecular weight is 458 g/mol. The minimum atomic E-state index is -3.69. The topological polar surface area (TPSA) is 105 Å². The molecule has 9 heteroatoms. The lowest BCUT2D eigenvalue weighted by atomic mass is 10.1. The van der Waals surface area contributed by atoms with Gasteiger partial charge < -0.3 is 15.0 Å². The zero-order valence-electron chi connectivity index (χ0n) is 18.0. The van der Waals surface area contributed by atoms with Gasteiger partial charge >= 0.3 is 5.97 Å². The fourth-order valence-corrected chi connectivity index (χ4v) is 4.94. The lowest BCUT2D eigenvalue weighted by Gasteiger charge is -2.17. The fourth-order valence-electron chi connectivity index (χ4n) is 3.61. The van der Waals surface area contributed by atoms with Crippen molar-refractivity contribution >= 4 is 33.3 Å². The van der Waals surface area contributed by atoms with E-state index < -0.39 is 28.5 Å². The Balaban J connectivity index is 1.33. The van der Waals surface area contributed by atoms with E-state index in [2.05, 4.69) is 14.9 Å². The van der Waals surface area contributed by atoms with Crippen molar-refractivity contribution in [3.8, 4) is 0 Å². The smallest absolute Gasteiger partial charge is 0.338 e. The van der Waals surface area contributed by atoms with Crippen LogP contribution in [0.3, 0.4) is 0 Å². The molecule has 2 aromatic rings. The molecular weight excluding hydrogens is 430 g/mol. The summed E-state index contributed by atoms with van der Waals surface area (Å²) in [6.07, 6.45) is 4.01. The number of nitrogens with zero attached hydrogens (tertiary/aromatic N) is 1. The van der Waals surface area contributed by atoms with Crippen LogP contribution in [0.2, 0.25) is 0 Å². The zero-order valence-corrected chi connectivity index (χ0v) is 18.8. The van der Waals surface area contributed by atoms with E-state index in [1.807, 2.05) is 24.3 Å². The Hall–Kier alpha value is -2.91. The number of benzene rings is 2. The second-order valence-corrected chi connectivity index (χ2v) is 9.95. The van der Waals surface area contributed by atoms with Crippen LogP contribution < -0.4 is 14.9 Å². The first-order valence-electron chi connectivity index (χ1n) is 10.8. The first-order chi connectivity index (χ1) is 15.3. The van der Waals surface area contributed by atoms with Crippen LogP contribution in [0.25, 0.3) is 0 Å². The van der Waals surface area contributed by atoms with Crippen LogP contribution in [0.5, 0.6) is 0 Å². The Kier molecular flexibility index (Phi) is 6.48. The van der Waals surface area contributed by atoms with Crippen LogP contribution >= 0.6 is 0 Å². The van der Waals surface area contributed by atoms with E-state index in [1.165, 1.54) is 25.0 Å². The van der Waals surface area contributed by atoms with Crippen molar-refractivity contribution in [2.24, 2.45) is 0 Å². The van der Waals surface area contributed by atoms with Gasteiger partial charge in [-0.25, -0.2) is 17.9 Å². The third-order valence-electron chi connectivity index (χ3n) is 5.60. The molecule has 8 nitrogen and oxygen atoms in total. The molecule has 1 amide bonds. The maximum absolute atomic E-state index is 12.5. The highest BCUT2D eigenvalue weighted by Gasteiger charge is 2.28. The molecule has 1 saturated carbocycles. The first kappa shape index (κ1) is 22.3. The quantitative estimate of drug-likeness (QED) is 0.591. The van der Waals surface area contributed by atoms with Gasteiger partial charge in [0.2, 0.25) is 10.0 Å². The van der Waals surface area contributed by atoms with Gasteiger partial charge in [0, 0.05) is 30.5 Å². The molecule has 0 unspecified atom stereocenters. The van der Waals surface area contributed by atoms with Crippen LogP contribution in [-0.4, -0.2) is 46.0 Å². The maximum Gasteiger partial charge on any atom is 0.338 e. The van der Waals surface area contributed by atoms with E-state index in [4.69, 9.17) is 4.74 Å². The number of esters is 1. The van der Waals surface area contributed by atoms with Gasteiger partial charge in [0.15, 0.2) is 6.61 Å². The molecule has 0 aromatic heterocycles. The van der Waals surface area contributed by atoms with Crippen LogP contribution in [0.15, 0.2) is 47.4 Å². The predicted octanol–water partition coefficient (Wildman–Crippen LogP) is 2.83. The lowest BCUT2D eigenvalue weighted by Crippen LogP contribution is -2.26. The molecule has 2 aromatic carbocycles. The minimum absolute atomic E-state index is 0.00416. The standard InChI is InChI=1S/C23H27N3O5S/c1-16-4-11-20(32(29,30)25-18-5-6-18)14-21(16)23(28)31-15-22(27)24-17-7-9-19(10-8-17)26-12-2-3-13-26/h4,7-11,14,18,25H,2-3,5-6,12-13,15H2,1H3,(H,24,27). The Bertz CT molecular complexity index is 1100. The largest absolute Gasteiger partial charge is 0.452 e. The predicted molar refractivity (Wildman–Crippen MR) is 121 cm³/mol. The van der Waals surface area contributed by atoms with Gasteiger partial charge in [-0.1, -0.05) is 6.07 Å². The summed E-state index contributed by atoms with van der Waals surface area (Å²) in [7, 11) is -3.69. The van der Waals surface area contributed by atoms with Gasteiger partial charge in [0.05, 0.1) is 10.5 Å². The summed E-state index contributed by atoms with van der Waals surface area (Å²) >= 11 is 0. The summed E-state index contributed by atoms with van der Waals surface area (Å²) in [5.74, 6) is -1.21. The van der Waals surface area contributed by atoms with Gasteiger partial charge in [-0.3, -0.25) is 4.79 Å². The highest BCUT2D eigenvalue weighted by atomic mass is 32.2. The normalized spacial score (nSPS) is 16.1. The summed E-state index contributed by atoms with van der Waals surface area (Å²) in [6.45, 7) is 3.30. The molecular formula is C23H27N3O5S. The highest BCUT2D eigenvalue weighted by molar-refractivity contribution is 7.89. The van der Waals surface area contributed by atoms with Crippen molar-refractivity contribution in [3.63, 3.8) is 0 Å². The number of hydrogen-bond donors (Lipinski definition) is 2. The molecule has 1 saturated heterocycles.